The Kier molecular flexibility index (Phi) is 6.38. The van der Waals surface area contributed by atoms with Crippen molar-refractivity contribution in [2.24, 2.45) is 5.92 Å². The van der Waals surface area contributed by atoms with Crippen LogP contribution >= 0.6 is 0 Å². The highest BCUT2D eigenvalue weighted by atomic mass is 16.5. The van der Waals surface area contributed by atoms with Gasteiger partial charge in [-0.1, -0.05) is 57.2 Å². The molecule has 0 heterocycles. The number of hydrogen-bond acceptors (Lipinski definition) is 2. The zero-order chi connectivity index (χ0) is 14.2. The van der Waals surface area contributed by atoms with E-state index < -0.39 is 0 Å². The number of ether oxygens (including phenoxy) is 1. The van der Waals surface area contributed by atoms with Crippen molar-refractivity contribution in [3.8, 4) is 5.75 Å². The van der Waals surface area contributed by atoms with Gasteiger partial charge in [0.15, 0.2) is 0 Å². The SMILES string of the molecule is CCCNC(CC1CCCCC1)c1ccccc1OC. The minimum Gasteiger partial charge on any atom is -0.496 e. The van der Waals surface area contributed by atoms with Gasteiger partial charge < -0.3 is 10.1 Å². The van der Waals surface area contributed by atoms with Crippen LogP contribution in [0, 0.1) is 5.92 Å². The van der Waals surface area contributed by atoms with Gasteiger partial charge in [0.05, 0.1) is 7.11 Å². The summed E-state index contributed by atoms with van der Waals surface area (Å²) >= 11 is 0. The molecule has 0 spiro atoms. The number of rotatable bonds is 7. The summed E-state index contributed by atoms with van der Waals surface area (Å²) in [5.41, 5.74) is 1.33. The Morgan fingerprint density at radius 2 is 1.95 bits per heavy atom. The van der Waals surface area contributed by atoms with Crippen LogP contribution in [-0.2, 0) is 0 Å². The molecule has 0 bridgehead atoms. The van der Waals surface area contributed by atoms with Crippen LogP contribution in [0.2, 0.25) is 0 Å². The first-order chi connectivity index (χ1) is 9.85. The Balaban J connectivity index is 2.08. The largest absolute Gasteiger partial charge is 0.496 e. The Morgan fingerprint density at radius 3 is 2.65 bits per heavy atom. The molecule has 0 radical (unpaired) electrons. The van der Waals surface area contributed by atoms with Crippen molar-refractivity contribution in [3.05, 3.63) is 29.8 Å². The predicted molar refractivity (Wildman–Crippen MR) is 85.2 cm³/mol. The third kappa shape index (κ3) is 4.24. The summed E-state index contributed by atoms with van der Waals surface area (Å²) in [6, 6.07) is 8.92. The maximum Gasteiger partial charge on any atom is 0.123 e. The predicted octanol–water partition coefficient (Wildman–Crippen LogP) is 4.71. The molecule has 1 aliphatic rings. The summed E-state index contributed by atoms with van der Waals surface area (Å²) < 4.78 is 5.56. The molecule has 0 aromatic heterocycles. The number of hydrogen-bond donors (Lipinski definition) is 1. The minimum absolute atomic E-state index is 0.439. The van der Waals surface area contributed by atoms with Crippen molar-refractivity contribution in [1.82, 2.24) is 5.32 Å². The first kappa shape index (κ1) is 15.4. The van der Waals surface area contributed by atoms with Crippen molar-refractivity contribution >= 4 is 0 Å². The summed E-state index contributed by atoms with van der Waals surface area (Å²) in [4.78, 5) is 0. The molecule has 0 aliphatic heterocycles. The van der Waals surface area contributed by atoms with Crippen LogP contribution in [0.15, 0.2) is 24.3 Å². The maximum absolute atomic E-state index is 5.56. The van der Waals surface area contributed by atoms with Crippen LogP contribution in [0.1, 0.15) is 63.5 Å². The molecule has 112 valence electrons. The Bertz CT molecular complexity index is 385. The van der Waals surface area contributed by atoms with E-state index in [1.165, 1.54) is 50.5 Å². The van der Waals surface area contributed by atoms with Gasteiger partial charge >= 0.3 is 0 Å². The molecule has 2 nitrogen and oxygen atoms in total. The van der Waals surface area contributed by atoms with E-state index in [0.717, 1.165) is 18.2 Å². The number of methoxy groups -OCH3 is 1. The molecule has 1 aromatic rings. The summed E-state index contributed by atoms with van der Waals surface area (Å²) in [5.74, 6) is 1.90. The van der Waals surface area contributed by atoms with Crippen molar-refractivity contribution < 1.29 is 4.74 Å². The Hall–Kier alpha value is -1.02. The second-order valence-electron chi connectivity index (χ2n) is 5.99. The maximum atomic E-state index is 5.56. The molecule has 1 aromatic carbocycles. The fraction of sp³-hybridized carbons (Fsp3) is 0.667. The zero-order valence-electron chi connectivity index (χ0n) is 13.0. The van der Waals surface area contributed by atoms with Gasteiger partial charge in [-0.05, 0) is 31.4 Å². The third-order valence-corrected chi connectivity index (χ3v) is 4.45. The molecule has 1 fully saturated rings. The molecule has 2 heteroatoms. The van der Waals surface area contributed by atoms with Crippen LogP contribution in [0.4, 0.5) is 0 Å². The molecule has 1 aliphatic carbocycles. The molecule has 2 rings (SSSR count). The van der Waals surface area contributed by atoms with Crippen LogP contribution in [0.25, 0.3) is 0 Å². The molecular weight excluding hydrogens is 246 g/mol. The number of nitrogens with one attached hydrogen (secondary N) is 1. The van der Waals surface area contributed by atoms with Gasteiger partial charge in [-0.2, -0.15) is 0 Å². The fourth-order valence-electron chi connectivity index (χ4n) is 3.35. The summed E-state index contributed by atoms with van der Waals surface area (Å²) in [6.45, 7) is 3.31. The second-order valence-corrected chi connectivity index (χ2v) is 5.99. The quantitative estimate of drug-likeness (QED) is 0.778. The van der Waals surface area contributed by atoms with E-state index in [2.05, 4.69) is 36.5 Å². The molecule has 20 heavy (non-hydrogen) atoms. The van der Waals surface area contributed by atoms with E-state index in [9.17, 15) is 0 Å². The first-order valence-corrected chi connectivity index (χ1v) is 8.21. The van der Waals surface area contributed by atoms with E-state index in [0.29, 0.717) is 6.04 Å². The van der Waals surface area contributed by atoms with Crippen LogP contribution in [0.5, 0.6) is 5.75 Å². The van der Waals surface area contributed by atoms with Gasteiger partial charge in [-0.15, -0.1) is 0 Å². The topological polar surface area (TPSA) is 21.3 Å². The molecule has 0 amide bonds. The molecule has 1 atom stereocenters. The van der Waals surface area contributed by atoms with E-state index in [1.54, 1.807) is 7.11 Å². The van der Waals surface area contributed by atoms with Crippen molar-refractivity contribution in [3.63, 3.8) is 0 Å². The third-order valence-electron chi connectivity index (χ3n) is 4.45. The normalized spacial score (nSPS) is 17.9. The monoisotopic (exact) mass is 275 g/mol. The van der Waals surface area contributed by atoms with Gasteiger partial charge in [-0.3, -0.25) is 0 Å². The van der Waals surface area contributed by atoms with E-state index in [1.807, 2.05) is 0 Å². The molecule has 1 saturated carbocycles. The van der Waals surface area contributed by atoms with Gasteiger partial charge in [0, 0.05) is 11.6 Å². The highest BCUT2D eigenvalue weighted by Gasteiger charge is 2.21. The molecule has 1 unspecified atom stereocenters. The average molecular weight is 275 g/mol. The van der Waals surface area contributed by atoms with Gasteiger partial charge in [-0.25, -0.2) is 0 Å². The van der Waals surface area contributed by atoms with Gasteiger partial charge in [0.1, 0.15) is 5.75 Å². The fourth-order valence-corrected chi connectivity index (χ4v) is 3.35. The highest BCUT2D eigenvalue weighted by molar-refractivity contribution is 5.35. The highest BCUT2D eigenvalue weighted by Crippen LogP contribution is 2.34. The number of benzene rings is 1. The summed E-state index contributed by atoms with van der Waals surface area (Å²) in [5, 5.41) is 3.73. The lowest BCUT2D eigenvalue weighted by molar-refractivity contribution is 0.295. The van der Waals surface area contributed by atoms with E-state index >= 15 is 0 Å². The van der Waals surface area contributed by atoms with Crippen LogP contribution in [0.3, 0.4) is 0 Å². The Labute approximate surface area is 123 Å². The Morgan fingerprint density at radius 1 is 1.20 bits per heavy atom. The van der Waals surface area contributed by atoms with Gasteiger partial charge in [0.2, 0.25) is 0 Å². The van der Waals surface area contributed by atoms with E-state index in [4.69, 9.17) is 4.74 Å². The second kappa shape index (κ2) is 8.31. The van der Waals surface area contributed by atoms with E-state index in [-0.39, 0.29) is 0 Å². The van der Waals surface area contributed by atoms with Crippen LogP contribution < -0.4 is 10.1 Å². The van der Waals surface area contributed by atoms with Gasteiger partial charge in [0.25, 0.3) is 0 Å². The smallest absolute Gasteiger partial charge is 0.123 e. The molecule has 1 N–H and O–H groups in total. The molecule has 0 saturated heterocycles. The lowest BCUT2D eigenvalue weighted by Gasteiger charge is -2.28. The first-order valence-electron chi connectivity index (χ1n) is 8.21. The van der Waals surface area contributed by atoms with Crippen molar-refractivity contribution in [2.45, 2.75) is 57.9 Å². The van der Waals surface area contributed by atoms with Crippen molar-refractivity contribution in [1.29, 1.82) is 0 Å². The molecular formula is C18H29NO. The lowest BCUT2D eigenvalue weighted by atomic mass is 9.83. The summed E-state index contributed by atoms with van der Waals surface area (Å²) in [7, 11) is 1.77. The summed E-state index contributed by atoms with van der Waals surface area (Å²) in [6.07, 6.45) is 9.49. The lowest BCUT2D eigenvalue weighted by Crippen LogP contribution is -2.25. The average Bonchev–Trinajstić information content (AvgIpc) is 2.52. The van der Waals surface area contributed by atoms with Crippen molar-refractivity contribution in [2.75, 3.05) is 13.7 Å². The zero-order valence-corrected chi connectivity index (χ0v) is 13.0. The number of para-hydroxylation sites is 1. The minimum atomic E-state index is 0.439. The van der Waals surface area contributed by atoms with Crippen LogP contribution in [-0.4, -0.2) is 13.7 Å². The standard InChI is InChI=1S/C18H29NO/c1-3-13-19-17(14-15-9-5-4-6-10-15)16-11-7-8-12-18(16)20-2/h7-8,11-12,15,17,19H,3-6,9-10,13-14H2,1-2H3.